The molecule has 0 spiro atoms. The number of ether oxygens (including phenoxy) is 1. The second-order valence-corrected chi connectivity index (χ2v) is 5.44. The highest BCUT2D eigenvalue weighted by Gasteiger charge is 2.19. The highest BCUT2D eigenvalue weighted by Crippen LogP contribution is 2.26. The Morgan fingerprint density at radius 1 is 1.45 bits per heavy atom. The van der Waals surface area contributed by atoms with Gasteiger partial charge in [-0.1, -0.05) is 0 Å². The number of nitrogen functional groups attached to an aromatic ring is 1. The smallest absolute Gasteiger partial charge is 0.293 e. The average molecular weight is 304 g/mol. The van der Waals surface area contributed by atoms with Crippen LogP contribution in [-0.4, -0.2) is 33.1 Å². The number of nitro benzene ring substituents is 1. The number of nitrogens with two attached hydrogens (primary N) is 1. The van der Waals surface area contributed by atoms with E-state index in [0.717, 1.165) is 18.2 Å². The van der Waals surface area contributed by atoms with Crippen molar-refractivity contribution in [2.24, 2.45) is 5.84 Å². The second kappa shape index (κ2) is 7.14. The number of nitrogens with one attached hydrogen (secondary N) is 2. The summed E-state index contributed by atoms with van der Waals surface area (Å²) in [6.45, 7) is 2.63. The van der Waals surface area contributed by atoms with E-state index in [1.54, 1.807) is 6.92 Å². The molecular weight excluding hydrogens is 288 g/mol. The van der Waals surface area contributed by atoms with E-state index in [-0.39, 0.29) is 29.4 Å². The molecule has 20 heavy (non-hydrogen) atoms. The third-order valence-electron chi connectivity index (χ3n) is 2.37. The number of rotatable bonds is 8. The summed E-state index contributed by atoms with van der Waals surface area (Å²) in [7, 11) is -3.76. The molecule has 0 aliphatic heterocycles. The van der Waals surface area contributed by atoms with Gasteiger partial charge in [-0.3, -0.25) is 16.0 Å². The van der Waals surface area contributed by atoms with Crippen molar-refractivity contribution >= 4 is 21.4 Å². The lowest BCUT2D eigenvalue weighted by atomic mass is 10.3. The number of nitro groups is 1. The molecule has 0 bridgehead atoms. The molecule has 0 aliphatic carbocycles. The predicted octanol–water partition coefficient (Wildman–Crippen LogP) is 0.195. The molecule has 0 unspecified atom stereocenters. The summed E-state index contributed by atoms with van der Waals surface area (Å²) < 4.78 is 31.2. The standard InChI is InChI=1S/C10H16N4O5S/c1-2-19-6-5-12-20(17,18)8-3-4-10(14(15)16)9(7-8)13-11/h3-4,7,12-13H,2,5-6,11H2,1H3. The molecule has 1 aromatic rings. The maximum Gasteiger partial charge on any atom is 0.293 e. The number of hydrogen-bond donors (Lipinski definition) is 3. The van der Waals surface area contributed by atoms with E-state index in [1.165, 1.54) is 0 Å². The van der Waals surface area contributed by atoms with Crippen LogP contribution < -0.4 is 16.0 Å². The molecule has 0 saturated heterocycles. The van der Waals surface area contributed by atoms with E-state index in [0.29, 0.717) is 6.61 Å². The fourth-order valence-electron chi connectivity index (χ4n) is 1.43. The molecule has 9 nitrogen and oxygen atoms in total. The third kappa shape index (κ3) is 4.13. The van der Waals surface area contributed by atoms with Gasteiger partial charge in [0.15, 0.2) is 0 Å². The van der Waals surface area contributed by atoms with Crippen molar-refractivity contribution < 1.29 is 18.1 Å². The van der Waals surface area contributed by atoms with Gasteiger partial charge in [-0.15, -0.1) is 0 Å². The third-order valence-corrected chi connectivity index (χ3v) is 3.83. The molecule has 0 heterocycles. The molecule has 0 aliphatic rings. The van der Waals surface area contributed by atoms with Gasteiger partial charge in [-0.05, 0) is 19.1 Å². The van der Waals surface area contributed by atoms with Crippen molar-refractivity contribution in [1.82, 2.24) is 4.72 Å². The molecule has 0 radical (unpaired) electrons. The molecule has 4 N–H and O–H groups in total. The molecule has 10 heteroatoms. The summed E-state index contributed by atoms with van der Waals surface area (Å²) >= 11 is 0. The Hall–Kier alpha value is -1.75. The first kappa shape index (κ1) is 16.3. The van der Waals surface area contributed by atoms with Gasteiger partial charge >= 0.3 is 0 Å². The van der Waals surface area contributed by atoms with Crippen LogP contribution in [0.25, 0.3) is 0 Å². The second-order valence-electron chi connectivity index (χ2n) is 3.68. The van der Waals surface area contributed by atoms with Crippen molar-refractivity contribution in [1.29, 1.82) is 0 Å². The lowest BCUT2D eigenvalue weighted by molar-refractivity contribution is -0.384. The Morgan fingerprint density at radius 3 is 2.70 bits per heavy atom. The van der Waals surface area contributed by atoms with Crippen LogP contribution in [0.2, 0.25) is 0 Å². The van der Waals surface area contributed by atoms with Crippen LogP contribution in [0, 0.1) is 10.1 Å². The van der Waals surface area contributed by atoms with Crippen molar-refractivity contribution in [3.8, 4) is 0 Å². The summed E-state index contributed by atoms with van der Waals surface area (Å²) in [5.41, 5.74) is 1.72. The fourth-order valence-corrected chi connectivity index (χ4v) is 2.47. The lowest BCUT2D eigenvalue weighted by Gasteiger charge is -2.08. The van der Waals surface area contributed by atoms with Gasteiger partial charge in [-0.25, -0.2) is 13.1 Å². The molecule has 112 valence electrons. The van der Waals surface area contributed by atoms with E-state index >= 15 is 0 Å². The lowest BCUT2D eigenvalue weighted by Crippen LogP contribution is -2.27. The van der Waals surface area contributed by atoms with E-state index in [1.807, 2.05) is 0 Å². The summed E-state index contributed by atoms with van der Waals surface area (Å²) in [5, 5.41) is 10.7. The zero-order valence-electron chi connectivity index (χ0n) is 10.8. The van der Waals surface area contributed by atoms with Crippen LogP contribution in [0.5, 0.6) is 0 Å². The maximum absolute atomic E-state index is 11.9. The summed E-state index contributed by atoms with van der Waals surface area (Å²) in [6, 6.07) is 3.31. The van der Waals surface area contributed by atoms with E-state index in [9.17, 15) is 18.5 Å². The Labute approximate surface area is 116 Å². The molecule has 0 fully saturated rings. The highest BCUT2D eigenvalue weighted by atomic mass is 32.2. The van der Waals surface area contributed by atoms with Gasteiger partial charge in [0, 0.05) is 19.2 Å². The maximum atomic E-state index is 11.9. The number of nitrogens with zero attached hydrogens (tertiary/aromatic N) is 1. The topological polar surface area (TPSA) is 137 Å². The minimum atomic E-state index is -3.76. The van der Waals surface area contributed by atoms with Crippen LogP contribution in [-0.2, 0) is 14.8 Å². The number of hydrogen-bond acceptors (Lipinski definition) is 7. The number of hydrazine groups is 1. The normalized spacial score (nSPS) is 11.3. The SMILES string of the molecule is CCOCCNS(=O)(=O)c1ccc([N+](=O)[O-])c(NN)c1. The van der Waals surface area contributed by atoms with E-state index in [2.05, 4.69) is 10.1 Å². The number of sulfonamides is 1. The molecular formula is C10H16N4O5S. The monoisotopic (exact) mass is 304 g/mol. The Balaban J connectivity index is 2.93. The zero-order chi connectivity index (χ0) is 15.2. The molecule has 1 rings (SSSR count). The van der Waals surface area contributed by atoms with Gasteiger partial charge in [0.2, 0.25) is 10.0 Å². The Morgan fingerprint density at radius 2 is 2.15 bits per heavy atom. The zero-order valence-corrected chi connectivity index (χ0v) is 11.6. The highest BCUT2D eigenvalue weighted by molar-refractivity contribution is 7.89. The minimum Gasteiger partial charge on any atom is -0.380 e. The van der Waals surface area contributed by atoms with Crippen LogP contribution >= 0.6 is 0 Å². The van der Waals surface area contributed by atoms with Gasteiger partial charge < -0.3 is 10.2 Å². The largest absolute Gasteiger partial charge is 0.380 e. The van der Waals surface area contributed by atoms with E-state index < -0.39 is 14.9 Å². The molecule has 0 saturated carbocycles. The first-order valence-corrected chi connectivity index (χ1v) is 7.23. The van der Waals surface area contributed by atoms with Gasteiger partial charge in [-0.2, -0.15) is 0 Å². The molecule has 0 atom stereocenters. The number of anilines is 1. The van der Waals surface area contributed by atoms with Crippen molar-refractivity contribution in [3.63, 3.8) is 0 Å². The van der Waals surface area contributed by atoms with Crippen molar-refractivity contribution in [2.75, 3.05) is 25.2 Å². The Bertz CT molecular complexity index is 575. The van der Waals surface area contributed by atoms with Crippen molar-refractivity contribution in [3.05, 3.63) is 28.3 Å². The fraction of sp³-hybridized carbons (Fsp3) is 0.400. The van der Waals surface area contributed by atoms with Crippen LogP contribution in [0.4, 0.5) is 11.4 Å². The van der Waals surface area contributed by atoms with Crippen LogP contribution in [0.3, 0.4) is 0 Å². The Kier molecular flexibility index (Phi) is 5.82. The predicted molar refractivity (Wildman–Crippen MR) is 72.6 cm³/mol. The molecule has 1 aromatic carbocycles. The average Bonchev–Trinajstić information content (AvgIpc) is 2.42. The molecule has 0 amide bonds. The van der Waals surface area contributed by atoms with Crippen LogP contribution in [0.1, 0.15) is 6.92 Å². The quantitative estimate of drug-likeness (QED) is 0.270. The summed E-state index contributed by atoms with van der Waals surface area (Å²) in [5.74, 6) is 5.15. The van der Waals surface area contributed by atoms with Gasteiger partial charge in [0.25, 0.3) is 5.69 Å². The van der Waals surface area contributed by atoms with Crippen LogP contribution in [0.15, 0.2) is 23.1 Å². The summed E-state index contributed by atoms with van der Waals surface area (Å²) in [4.78, 5) is 9.94. The van der Waals surface area contributed by atoms with Gasteiger partial charge in [0.05, 0.1) is 16.4 Å². The first-order valence-electron chi connectivity index (χ1n) is 5.75. The van der Waals surface area contributed by atoms with E-state index in [4.69, 9.17) is 10.6 Å². The summed E-state index contributed by atoms with van der Waals surface area (Å²) in [6.07, 6.45) is 0. The minimum absolute atomic E-state index is 0.0808. The molecule has 0 aromatic heterocycles. The number of benzene rings is 1. The van der Waals surface area contributed by atoms with Gasteiger partial charge in [0.1, 0.15) is 5.69 Å². The van der Waals surface area contributed by atoms with Crippen molar-refractivity contribution in [2.45, 2.75) is 11.8 Å². The first-order chi connectivity index (χ1) is 9.42.